The highest BCUT2D eigenvalue weighted by Crippen LogP contribution is 2.29. The molecule has 2 fully saturated rings. The van der Waals surface area contributed by atoms with Gasteiger partial charge in [0.1, 0.15) is 36.6 Å². The number of nitrogens with two attached hydrogens (primary N) is 4. The molecule has 1 saturated heterocycles. The topological polar surface area (TPSA) is 181 Å². The van der Waals surface area contributed by atoms with Crippen molar-refractivity contribution in [2.24, 2.45) is 22.9 Å². The molecule has 10 heteroatoms. The SMILES string of the molecule is CCCCCCO[C@@H]1[C@@H](N)[C@@H](O[C@H]2[C@H](O)[C@@H](OCCCCCC)[C@H](N)C[C@@H]2N)O[C@H](CN)[C@H]1O. The van der Waals surface area contributed by atoms with Gasteiger partial charge in [0, 0.05) is 31.8 Å². The Kier molecular flexibility index (Phi) is 13.7. The Labute approximate surface area is 205 Å². The molecule has 0 unspecified atom stereocenters. The summed E-state index contributed by atoms with van der Waals surface area (Å²) < 4.78 is 23.9. The molecule has 2 rings (SSSR count). The molecule has 0 radical (unpaired) electrons. The van der Waals surface area contributed by atoms with Crippen LogP contribution in [0.2, 0.25) is 0 Å². The van der Waals surface area contributed by atoms with Crippen LogP contribution in [-0.2, 0) is 18.9 Å². The third-order valence-electron chi connectivity index (χ3n) is 6.92. The minimum atomic E-state index is -1.03. The maximum Gasteiger partial charge on any atom is 0.176 e. The van der Waals surface area contributed by atoms with Crippen LogP contribution in [0.1, 0.15) is 71.6 Å². The average molecular weight is 491 g/mol. The van der Waals surface area contributed by atoms with Gasteiger partial charge in [-0.3, -0.25) is 0 Å². The van der Waals surface area contributed by atoms with Gasteiger partial charge in [0.05, 0.1) is 6.04 Å². The summed E-state index contributed by atoms with van der Waals surface area (Å²) in [5.41, 5.74) is 24.8. The summed E-state index contributed by atoms with van der Waals surface area (Å²) in [4.78, 5) is 0. The third-order valence-corrected chi connectivity index (χ3v) is 6.92. The molecule has 1 heterocycles. The smallest absolute Gasteiger partial charge is 0.176 e. The first kappa shape index (κ1) is 29.8. The summed E-state index contributed by atoms with van der Waals surface area (Å²) in [6.45, 7) is 5.38. The van der Waals surface area contributed by atoms with E-state index < -0.39 is 61.0 Å². The van der Waals surface area contributed by atoms with Crippen molar-refractivity contribution in [3.8, 4) is 0 Å². The number of hydrogen-bond donors (Lipinski definition) is 6. The molecule has 0 spiro atoms. The van der Waals surface area contributed by atoms with Crippen molar-refractivity contribution in [2.75, 3.05) is 19.8 Å². The Morgan fingerprint density at radius 1 is 0.765 bits per heavy atom. The molecular formula is C24H50N4O6. The monoisotopic (exact) mass is 490 g/mol. The molecule has 1 saturated carbocycles. The molecule has 10 atom stereocenters. The van der Waals surface area contributed by atoms with Gasteiger partial charge in [-0.2, -0.15) is 0 Å². The van der Waals surface area contributed by atoms with Crippen molar-refractivity contribution in [1.82, 2.24) is 0 Å². The van der Waals surface area contributed by atoms with Gasteiger partial charge >= 0.3 is 0 Å². The third kappa shape index (κ3) is 8.33. The fourth-order valence-corrected chi connectivity index (χ4v) is 4.80. The number of hydrogen-bond acceptors (Lipinski definition) is 10. The quantitative estimate of drug-likeness (QED) is 0.172. The zero-order valence-corrected chi connectivity index (χ0v) is 21.1. The van der Waals surface area contributed by atoms with Gasteiger partial charge in [-0.15, -0.1) is 0 Å². The fraction of sp³-hybridized carbons (Fsp3) is 1.00. The second-order valence-corrected chi connectivity index (χ2v) is 9.79. The standard InChI is InChI=1S/C24H50N4O6/c1-3-5-7-9-11-31-21-15(26)13-16(27)22(20(21)30)34-24-18(28)23(19(29)17(14-25)33-24)32-12-10-8-6-4-2/h15-24,29-30H,3-14,25-28H2,1-2H3/t15-,16+,17-,18-,19-,20-,21+,22-,23-,24-/m1/s1. The normalized spacial score (nSPS) is 38.8. The number of aliphatic hydroxyl groups is 2. The van der Waals surface area contributed by atoms with Crippen molar-refractivity contribution in [3.05, 3.63) is 0 Å². The van der Waals surface area contributed by atoms with Crippen LogP contribution in [0.3, 0.4) is 0 Å². The first-order chi connectivity index (χ1) is 16.3. The Morgan fingerprint density at radius 2 is 1.32 bits per heavy atom. The van der Waals surface area contributed by atoms with Gasteiger partial charge < -0.3 is 52.1 Å². The van der Waals surface area contributed by atoms with Gasteiger partial charge in [-0.05, 0) is 19.3 Å². The van der Waals surface area contributed by atoms with Gasteiger partial charge in [0.15, 0.2) is 6.29 Å². The minimum absolute atomic E-state index is 0.0804. The van der Waals surface area contributed by atoms with Crippen LogP contribution in [0.5, 0.6) is 0 Å². The summed E-state index contributed by atoms with van der Waals surface area (Å²) in [6, 6.07) is -1.68. The number of unbranched alkanes of at least 4 members (excludes halogenated alkanes) is 6. The summed E-state index contributed by atoms with van der Waals surface area (Å²) in [7, 11) is 0. The molecule has 1 aliphatic heterocycles. The van der Waals surface area contributed by atoms with Crippen molar-refractivity contribution in [2.45, 2.75) is 133 Å². The molecule has 2 aliphatic rings. The van der Waals surface area contributed by atoms with Crippen LogP contribution >= 0.6 is 0 Å². The lowest BCUT2D eigenvalue weighted by Crippen LogP contribution is -2.68. The Hall–Kier alpha value is -0.400. The van der Waals surface area contributed by atoms with Gasteiger partial charge in [-0.1, -0.05) is 52.4 Å². The van der Waals surface area contributed by atoms with E-state index >= 15 is 0 Å². The minimum Gasteiger partial charge on any atom is -0.388 e. The number of aliphatic hydroxyl groups excluding tert-OH is 2. The highest BCUT2D eigenvalue weighted by molar-refractivity contribution is 5.00. The molecule has 1 aliphatic carbocycles. The van der Waals surface area contributed by atoms with Gasteiger partial charge in [0.25, 0.3) is 0 Å². The second kappa shape index (κ2) is 15.7. The van der Waals surface area contributed by atoms with Crippen LogP contribution in [0.15, 0.2) is 0 Å². The average Bonchev–Trinajstić information content (AvgIpc) is 2.81. The van der Waals surface area contributed by atoms with Gasteiger partial charge in [0.2, 0.25) is 0 Å². The number of ether oxygens (including phenoxy) is 4. The van der Waals surface area contributed by atoms with Crippen LogP contribution in [0.25, 0.3) is 0 Å². The molecular weight excluding hydrogens is 440 g/mol. The molecule has 0 amide bonds. The van der Waals surface area contributed by atoms with E-state index in [1.807, 2.05) is 0 Å². The van der Waals surface area contributed by atoms with Crippen LogP contribution in [0.4, 0.5) is 0 Å². The Balaban J connectivity index is 2.00. The lowest BCUT2D eigenvalue weighted by atomic mass is 9.84. The van der Waals surface area contributed by atoms with Gasteiger partial charge in [-0.25, -0.2) is 0 Å². The molecule has 202 valence electrons. The number of rotatable bonds is 15. The molecule has 0 aromatic carbocycles. The Bertz CT molecular complexity index is 548. The summed E-state index contributed by atoms with van der Waals surface area (Å²) >= 11 is 0. The lowest BCUT2D eigenvalue weighted by molar-refractivity contribution is -0.294. The second-order valence-electron chi connectivity index (χ2n) is 9.79. The predicted octanol–water partition coefficient (Wildman–Crippen LogP) is 0.0936. The molecule has 0 aromatic heterocycles. The largest absolute Gasteiger partial charge is 0.388 e. The fourth-order valence-electron chi connectivity index (χ4n) is 4.80. The van der Waals surface area contributed by atoms with Crippen LogP contribution in [-0.4, -0.2) is 91.0 Å². The predicted molar refractivity (Wildman–Crippen MR) is 131 cm³/mol. The lowest BCUT2D eigenvalue weighted by Gasteiger charge is -2.47. The maximum absolute atomic E-state index is 11.0. The van der Waals surface area contributed by atoms with E-state index in [0.29, 0.717) is 19.6 Å². The van der Waals surface area contributed by atoms with E-state index in [2.05, 4.69) is 13.8 Å². The van der Waals surface area contributed by atoms with Crippen molar-refractivity contribution < 1.29 is 29.2 Å². The molecule has 0 aromatic rings. The zero-order chi connectivity index (χ0) is 25.1. The van der Waals surface area contributed by atoms with Crippen molar-refractivity contribution in [1.29, 1.82) is 0 Å². The molecule has 34 heavy (non-hydrogen) atoms. The van der Waals surface area contributed by atoms with E-state index in [0.717, 1.165) is 51.4 Å². The zero-order valence-electron chi connectivity index (χ0n) is 21.1. The highest BCUT2D eigenvalue weighted by Gasteiger charge is 2.49. The first-order valence-corrected chi connectivity index (χ1v) is 13.2. The van der Waals surface area contributed by atoms with Crippen LogP contribution in [0, 0.1) is 0 Å². The maximum atomic E-state index is 11.0. The summed E-state index contributed by atoms with van der Waals surface area (Å²) in [5, 5.41) is 21.7. The molecule has 10 N–H and O–H groups in total. The summed E-state index contributed by atoms with van der Waals surface area (Å²) in [5.74, 6) is 0. The first-order valence-electron chi connectivity index (χ1n) is 13.2. The van der Waals surface area contributed by atoms with Crippen molar-refractivity contribution >= 4 is 0 Å². The van der Waals surface area contributed by atoms with E-state index in [1.54, 1.807) is 0 Å². The van der Waals surface area contributed by atoms with Crippen LogP contribution < -0.4 is 22.9 Å². The molecule has 10 nitrogen and oxygen atoms in total. The highest BCUT2D eigenvalue weighted by atomic mass is 16.7. The van der Waals surface area contributed by atoms with E-state index in [9.17, 15) is 10.2 Å². The van der Waals surface area contributed by atoms with E-state index in [1.165, 1.54) is 0 Å². The molecule has 0 bridgehead atoms. The van der Waals surface area contributed by atoms with E-state index in [4.69, 9.17) is 41.9 Å². The summed E-state index contributed by atoms with van der Waals surface area (Å²) in [6.07, 6.45) is 3.18. The Morgan fingerprint density at radius 3 is 1.88 bits per heavy atom. The van der Waals surface area contributed by atoms with E-state index in [-0.39, 0.29) is 6.54 Å². The van der Waals surface area contributed by atoms with Crippen molar-refractivity contribution in [3.63, 3.8) is 0 Å².